The minimum absolute atomic E-state index is 0.0853. The van der Waals surface area contributed by atoms with Gasteiger partial charge in [0.25, 0.3) is 0 Å². The van der Waals surface area contributed by atoms with E-state index in [-0.39, 0.29) is 6.04 Å². The fraction of sp³-hybridized carbons (Fsp3) is 0.238. The van der Waals surface area contributed by atoms with Crippen LogP contribution in [0.4, 0.5) is 0 Å². The Labute approximate surface area is 142 Å². The standard InChI is InChI=1S/C21H21N3/c22-20-8-4-7-16-9-12-19(24-21(16)20)13-18-11-10-17(14-23-18)15-5-2-1-3-6-15/h1-3,5-6,9-12,14,20H,4,7-8,13,22H2. The molecule has 0 aliphatic heterocycles. The van der Waals surface area contributed by atoms with Crippen molar-refractivity contribution in [2.75, 3.05) is 0 Å². The summed E-state index contributed by atoms with van der Waals surface area (Å²) in [6.45, 7) is 0. The first kappa shape index (κ1) is 15.0. The van der Waals surface area contributed by atoms with Gasteiger partial charge in [-0.2, -0.15) is 0 Å². The molecule has 0 fully saturated rings. The Balaban J connectivity index is 1.54. The van der Waals surface area contributed by atoms with E-state index in [2.05, 4.69) is 41.4 Å². The molecule has 0 spiro atoms. The van der Waals surface area contributed by atoms with Crippen LogP contribution in [0.25, 0.3) is 11.1 Å². The van der Waals surface area contributed by atoms with Crippen LogP contribution in [0, 0.1) is 0 Å². The summed E-state index contributed by atoms with van der Waals surface area (Å²) in [5, 5.41) is 0. The normalized spacial score (nSPS) is 16.6. The van der Waals surface area contributed by atoms with Crippen molar-refractivity contribution < 1.29 is 0 Å². The number of rotatable bonds is 3. The molecule has 1 aliphatic rings. The topological polar surface area (TPSA) is 51.8 Å². The van der Waals surface area contributed by atoms with E-state index >= 15 is 0 Å². The summed E-state index contributed by atoms with van der Waals surface area (Å²) < 4.78 is 0. The van der Waals surface area contributed by atoms with E-state index in [4.69, 9.17) is 10.7 Å². The van der Waals surface area contributed by atoms with Crippen molar-refractivity contribution in [3.05, 3.63) is 83.4 Å². The van der Waals surface area contributed by atoms with Crippen molar-refractivity contribution in [1.29, 1.82) is 0 Å². The number of hydrogen-bond acceptors (Lipinski definition) is 3. The number of aromatic nitrogens is 2. The number of pyridine rings is 2. The second-order valence-electron chi connectivity index (χ2n) is 6.43. The Kier molecular flexibility index (Phi) is 4.09. The van der Waals surface area contributed by atoms with Gasteiger partial charge in [0, 0.05) is 35.6 Å². The summed E-state index contributed by atoms with van der Waals surface area (Å²) >= 11 is 0. The van der Waals surface area contributed by atoms with E-state index < -0.39 is 0 Å². The number of nitrogens with zero attached hydrogens (tertiary/aromatic N) is 2. The average molecular weight is 315 g/mol. The zero-order valence-corrected chi connectivity index (χ0v) is 13.7. The lowest BCUT2D eigenvalue weighted by Gasteiger charge is -2.21. The van der Waals surface area contributed by atoms with Gasteiger partial charge in [0.1, 0.15) is 0 Å². The maximum absolute atomic E-state index is 6.21. The fourth-order valence-electron chi connectivity index (χ4n) is 3.34. The van der Waals surface area contributed by atoms with Crippen LogP contribution in [0.1, 0.15) is 41.5 Å². The van der Waals surface area contributed by atoms with E-state index in [1.165, 1.54) is 11.1 Å². The van der Waals surface area contributed by atoms with Crippen LogP contribution in [0.15, 0.2) is 60.8 Å². The predicted octanol–water partition coefficient (Wildman–Crippen LogP) is 4.07. The largest absolute Gasteiger partial charge is 0.323 e. The summed E-state index contributed by atoms with van der Waals surface area (Å²) in [5.41, 5.74) is 13.0. The Morgan fingerprint density at radius 1 is 0.917 bits per heavy atom. The summed E-state index contributed by atoms with van der Waals surface area (Å²) in [6, 6.07) is 18.9. The van der Waals surface area contributed by atoms with E-state index in [0.717, 1.165) is 48.3 Å². The summed E-state index contributed by atoms with van der Waals surface area (Å²) in [5.74, 6) is 0. The highest BCUT2D eigenvalue weighted by Crippen LogP contribution is 2.27. The van der Waals surface area contributed by atoms with Gasteiger partial charge in [-0.15, -0.1) is 0 Å². The molecular weight excluding hydrogens is 294 g/mol. The molecular formula is C21H21N3. The molecule has 0 bridgehead atoms. The Morgan fingerprint density at radius 3 is 2.54 bits per heavy atom. The molecule has 1 unspecified atom stereocenters. The van der Waals surface area contributed by atoms with Crippen LogP contribution < -0.4 is 5.73 Å². The molecule has 4 rings (SSSR count). The Morgan fingerprint density at radius 2 is 1.75 bits per heavy atom. The molecule has 2 aromatic heterocycles. The fourth-order valence-corrected chi connectivity index (χ4v) is 3.34. The third-order valence-corrected chi connectivity index (χ3v) is 4.68. The van der Waals surface area contributed by atoms with Gasteiger partial charge in [-0.05, 0) is 42.5 Å². The van der Waals surface area contributed by atoms with Crippen molar-refractivity contribution in [3.63, 3.8) is 0 Å². The second-order valence-corrected chi connectivity index (χ2v) is 6.43. The SMILES string of the molecule is NC1CCCc2ccc(Cc3ccc(-c4ccccc4)cn3)nc21. The van der Waals surface area contributed by atoms with Gasteiger partial charge >= 0.3 is 0 Å². The molecule has 24 heavy (non-hydrogen) atoms. The van der Waals surface area contributed by atoms with Crippen molar-refractivity contribution in [2.45, 2.75) is 31.7 Å². The van der Waals surface area contributed by atoms with Crippen molar-refractivity contribution >= 4 is 0 Å². The molecule has 120 valence electrons. The molecule has 0 saturated carbocycles. The molecule has 0 saturated heterocycles. The van der Waals surface area contributed by atoms with E-state index in [9.17, 15) is 0 Å². The lowest BCUT2D eigenvalue weighted by molar-refractivity contribution is 0.551. The molecule has 2 heterocycles. The first-order valence-electron chi connectivity index (χ1n) is 8.54. The number of fused-ring (bicyclic) bond motifs is 1. The highest BCUT2D eigenvalue weighted by molar-refractivity contribution is 5.62. The molecule has 3 heteroatoms. The summed E-state index contributed by atoms with van der Waals surface area (Å²) in [4.78, 5) is 9.42. The van der Waals surface area contributed by atoms with Crippen LogP contribution in [0.3, 0.4) is 0 Å². The Hall–Kier alpha value is -2.52. The number of benzene rings is 1. The predicted molar refractivity (Wildman–Crippen MR) is 96.6 cm³/mol. The molecule has 3 nitrogen and oxygen atoms in total. The zero-order valence-electron chi connectivity index (χ0n) is 13.7. The monoisotopic (exact) mass is 315 g/mol. The molecule has 1 aromatic carbocycles. The number of aryl methyl sites for hydroxylation is 1. The van der Waals surface area contributed by atoms with Crippen molar-refractivity contribution in [2.24, 2.45) is 5.73 Å². The zero-order chi connectivity index (χ0) is 16.4. The van der Waals surface area contributed by atoms with E-state index in [1.54, 1.807) is 0 Å². The first-order valence-corrected chi connectivity index (χ1v) is 8.54. The molecule has 0 radical (unpaired) electrons. The maximum Gasteiger partial charge on any atom is 0.0606 e. The van der Waals surface area contributed by atoms with Crippen LogP contribution >= 0.6 is 0 Å². The van der Waals surface area contributed by atoms with Crippen molar-refractivity contribution in [3.8, 4) is 11.1 Å². The highest BCUT2D eigenvalue weighted by Gasteiger charge is 2.18. The summed E-state index contributed by atoms with van der Waals surface area (Å²) in [6.07, 6.45) is 5.98. The highest BCUT2D eigenvalue weighted by atomic mass is 14.8. The van der Waals surface area contributed by atoms with Gasteiger partial charge in [0.05, 0.1) is 5.69 Å². The van der Waals surface area contributed by atoms with E-state index in [0.29, 0.717) is 0 Å². The quantitative estimate of drug-likeness (QED) is 0.792. The molecule has 3 aromatic rings. The molecule has 0 amide bonds. The second kappa shape index (κ2) is 6.54. The minimum Gasteiger partial charge on any atom is -0.323 e. The number of nitrogens with two attached hydrogens (primary N) is 1. The van der Waals surface area contributed by atoms with E-state index in [1.807, 2.05) is 24.4 Å². The molecule has 1 aliphatic carbocycles. The minimum atomic E-state index is 0.0853. The summed E-state index contributed by atoms with van der Waals surface area (Å²) in [7, 11) is 0. The molecule has 2 N–H and O–H groups in total. The van der Waals surface area contributed by atoms with Gasteiger partial charge in [-0.3, -0.25) is 9.97 Å². The van der Waals surface area contributed by atoms with Gasteiger partial charge in [0.2, 0.25) is 0 Å². The van der Waals surface area contributed by atoms with Gasteiger partial charge in [-0.25, -0.2) is 0 Å². The van der Waals surface area contributed by atoms with Gasteiger partial charge in [0.15, 0.2) is 0 Å². The average Bonchev–Trinajstić information content (AvgIpc) is 2.64. The molecule has 1 atom stereocenters. The third kappa shape index (κ3) is 3.08. The lowest BCUT2D eigenvalue weighted by Crippen LogP contribution is -2.19. The Bertz CT molecular complexity index is 825. The van der Waals surface area contributed by atoms with Crippen LogP contribution in [-0.2, 0) is 12.8 Å². The van der Waals surface area contributed by atoms with Gasteiger partial charge in [-0.1, -0.05) is 42.5 Å². The van der Waals surface area contributed by atoms with Crippen LogP contribution in [0.5, 0.6) is 0 Å². The lowest BCUT2D eigenvalue weighted by atomic mass is 9.92. The third-order valence-electron chi connectivity index (χ3n) is 4.68. The first-order chi connectivity index (χ1) is 11.8. The van der Waals surface area contributed by atoms with Crippen LogP contribution in [-0.4, -0.2) is 9.97 Å². The maximum atomic E-state index is 6.21. The number of hydrogen-bond donors (Lipinski definition) is 1. The smallest absolute Gasteiger partial charge is 0.0606 e. The van der Waals surface area contributed by atoms with Crippen LogP contribution in [0.2, 0.25) is 0 Å². The van der Waals surface area contributed by atoms with Crippen molar-refractivity contribution in [1.82, 2.24) is 9.97 Å². The van der Waals surface area contributed by atoms with Gasteiger partial charge < -0.3 is 5.73 Å².